The predicted octanol–water partition coefficient (Wildman–Crippen LogP) is 1.15. The Bertz CT molecular complexity index is 488. The van der Waals surface area contributed by atoms with E-state index in [1.165, 1.54) is 0 Å². The smallest absolute Gasteiger partial charge is 0.191 e. The van der Waals surface area contributed by atoms with E-state index in [1.807, 2.05) is 6.20 Å². The van der Waals surface area contributed by atoms with Crippen LogP contribution in [0.2, 0.25) is 0 Å². The number of nitrogens with zero attached hydrogens (tertiary/aromatic N) is 4. The van der Waals surface area contributed by atoms with Gasteiger partial charge in [0, 0.05) is 52.5 Å². The Kier molecular flexibility index (Phi) is 6.65. The molecule has 0 radical (unpaired) electrons. The summed E-state index contributed by atoms with van der Waals surface area (Å²) in [5, 5.41) is 6.64. The van der Waals surface area contributed by atoms with Gasteiger partial charge in [-0.15, -0.1) is 0 Å². The van der Waals surface area contributed by atoms with Gasteiger partial charge in [-0.3, -0.25) is 4.99 Å². The molecule has 0 unspecified atom stereocenters. The lowest BCUT2D eigenvalue weighted by molar-refractivity contribution is 0.312. The second-order valence-corrected chi connectivity index (χ2v) is 6.52. The van der Waals surface area contributed by atoms with Crippen LogP contribution in [0.4, 0.5) is 5.82 Å². The van der Waals surface area contributed by atoms with Crippen LogP contribution in [-0.2, 0) is 6.54 Å². The Hall–Kier alpha value is -1.82. The van der Waals surface area contributed by atoms with E-state index < -0.39 is 0 Å². The maximum Gasteiger partial charge on any atom is 0.191 e. The molecule has 2 heterocycles. The zero-order valence-corrected chi connectivity index (χ0v) is 14.8. The molecule has 1 aromatic heterocycles. The van der Waals surface area contributed by atoms with Crippen LogP contribution < -0.4 is 15.5 Å². The molecule has 6 nitrogen and oxygen atoms in total. The van der Waals surface area contributed by atoms with Crippen LogP contribution >= 0.6 is 0 Å². The van der Waals surface area contributed by atoms with E-state index in [4.69, 9.17) is 0 Å². The molecule has 0 aliphatic carbocycles. The minimum atomic E-state index is 0.595. The Labute approximate surface area is 140 Å². The molecule has 0 aromatic carbocycles. The topological polar surface area (TPSA) is 55.8 Å². The predicted molar refractivity (Wildman–Crippen MR) is 97.0 cm³/mol. The Morgan fingerprint density at radius 3 is 2.52 bits per heavy atom. The molecule has 0 atom stereocenters. The third-order valence-electron chi connectivity index (χ3n) is 4.00. The first kappa shape index (κ1) is 17.5. The van der Waals surface area contributed by atoms with Gasteiger partial charge >= 0.3 is 0 Å². The standard InChI is InChI=1S/C17H30N6/c1-14(2)11-20-17(18-3)21-13-15-5-6-16(19-12-15)23-9-7-22(4)8-10-23/h5-6,12,14H,7-11,13H2,1-4H3,(H2,18,20,21). The van der Waals surface area contributed by atoms with Crippen molar-refractivity contribution in [2.24, 2.45) is 10.9 Å². The van der Waals surface area contributed by atoms with E-state index >= 15 is 0 Å². The average Bonchev–Trinajstić information content (AvgIpc) is 2.56. The molecule has 1 fully saturated rings. The Balaban J connectivity index is 1.82. The monoisotopic (exact) mass is 318 g/mol. The number of anilines is 1. The average molecular weight is 318 g/mol. The molecule has 0 bridgehead atoms. The molecular weight excluding hydrogens is 288 g/mol. The van der Waals surface area contributed by atoms with Crippen LogP contribution in [0.15, 0.2) is 23.3 Å². The van der Waals surface area contributed by atoms with E-state index in [0.717, 1.165) is 56.6 Å². The van der Waals surface area contributed by atoms with Gasteiger partial charge in [0.15, 0.2) is 5.96 Å². The highest BCUT2D eigenvalue weighted by molar-refractivity contribution is 5.79. The van der Waals surface area contributed by atoms with Crippen molar-refractivity contribution in [1.29, 1.82) is 0 Å². The van der Waals surface area contributed by atoms with Gasteiger partial charge < -0.3 is 20.4 Å². The van der Waals surface area contributed by atoms with Gasteiger partial charge in [-0.1, -0.05) is 19.9 Å². The molecule has 128 valence electrons. The van der Waals surface area contributed by atoms with E-state index in [0.29, 0.717) is 5.92 Å². The number of piperazine rings is 1. The van der Waals surface area contributed by atoms with Crippen LogP contribution in [-0.4, -0.2) is 62.7 Å². The molecule has 2 N–H and O–H groups in total. The Morgan fingerprint density at radius 1 is 1.22 bits per heavy atom. The minimum absolute atomic E-state index is 0.595. The number of aliphatic imine (C=N–C) groups is 1. The molecule has 1 aliphatic rings. The maximum atomic E-state index is 4.61. The molecule has 0 amide bonds. The lowest BCUT2D eigenvalue weighted by Gasteiger charge is -2.33. The van der Waals surface area contributed by atoms with Gasteiger partial charge in [0.05, 0.1) is 0 Å². The summed E-state index contributed by atoms with van der Waals surface area (Å²) < 4.78 is 0. The Morgan fingerprint density at radius 2 is 1.96 bits per heavy atom. The number of aromatic nitrogens is 1. The zero-order chi connectivity index (χ0) is 16.7. The highest BCUT2D eigenvalue weighted by atomic mass is 15.3. The van der Waals surface area contributed by atoms with Crippen LogP contribution in [0.25, 0.3) is 0 Å². The summed E-state index contributed by atoms with van der Waals surface area (Å²) in [4.78, 5) is 13.5. The van der Waals surface area contributed by atoms with Crippen molar-refractivity contribution in [3.05, 3.63) is 23.9 Å². The summed E-state index contributed by atoms with van der Waals surface area (Å²) in [6.45, 7) is 10.3. The van der Waals surface area contributed by atoms with Gasteiger partial charge in [0.1, 0.15) is 5.82 Å². The number of hydrogen-bond acceptors (Lipinski definition) is 4. The highest BCUT2D eigenvalue weighted by Gasteiger charge is 2.14. The lowest BCUT2D eigenvalue weighted by Crippen LogP contribution is -2.44. The molecule has 1 aliphatic heterocycles. The molecule has 23 heavy (non-hydrogen) atoms. The number of nitrogens with one attached hydrogen (secondary N) is 2. The van der Waals surface area contributed by atoms with Gasteiger partial charge in [-0.25, -0.2) is 4.98 Å². The maximum absolute atomic E-state index is 4.61. The van der Waals surface area contributed by atoms with Crippen molar-refractivity contribution in [2.75, 3.05) is 51.7 Å². The van der Waals surface area contributed by atoms with Gasteiger partial charge in [0.2, 0.25) is 0 Å². The van der Waals surface area contributed by atoms with Gasteiger partial charge in [0.25, 0.3) is 0 Å². The highest BCUT2D eigenvalue weighted by Crippen LogP contribution is 2.13. The molecule has 0 saturated carbocycles. The van der Waals surface area contributed by atoms with Crippen LogP contribution in [0.5, 0.6) is 0 Å². The van der Waals surface area contributed by atoms with E-state index in [2.05, 4.69) is 63.4 Å². The summed E-state index contributed by atoms with van der Waals surface area (Å²) in [5.74, 6) is 2.50. The number of guanidine groups is 1. The molecule has 1 saturated heterocycles. The minimum Gasteiger partial charge on any atom is -0.356 e. The number of pyridine rings is 1. The SMILES string of the molecule is CN=C(NCc1ccc(N2CCN(C)CC2)nc1)NCC(C)C. The first-order valence-electron chi connectivity index (χ1n) is 8.41. The number of rotatable bonds is 5. The van der Waals surface area contributed by atoms with Crippen LogP contribution in [0.3, 0.4) is 0 Å². The van der Waals surface area contributed by atoms with Crippen molar-refractivity contribution in [3.63, 3.8) is 0 Å². The molecule has 2 rings (SSSR count). The van der Waals surface area contributed by atoms with Crippen LogP contribution in [0, 0.1) is 5.92 Å². The number of likely N-dealkylation sites (N-methyl/N-ethyl adjacent to an activating group) is 1. The van der Waals surface area contributed by atoms with Crippen LogP contribution in [0.1, 0.15) is 19.4 Å². The third-order valence-corrected chi connectivity index (χ3v) is 4.00. The normalized spacial score (nSPS) is 16.7. The summed E-state index contributed by atoms with van der Waals surface area (Å²) in [5.41, 5.74) is 1.16. The molecule has 6 heteroatoms. The second kappa shape index (κ2) is 8.72. The molecular formula is C17H30N6. The summed E-state index contributed by atoms with van der Waals surface area (Å²) >= 11 is 0. The first-order valence-corrected chi connectivity index (χ1v) is 8.41. The third kappa shape index (κ3) is 5.71. The summed E-state index contributed by atoms with van der Waals surface area (Å²) in [6.07, 6.45) is 1.95. The van der Waals surface area contributed by atoms with Crippen molar-refractivity contribution in [2.45, 2.75) is 20.4 Å². The summed E-state index contributed by atoms with van der Waals surface area (Å²) in [7, 11) is 3.96. The van der Waals surface area contributed by atoms with E-state index in [9.17, 15) is 0 Å². The largest absolute Gasteiger partial charge is 0.356 e. The van der Waals surface area contributed by atoms with Crippen molar-refractivity contribution in [3.8, 4) is 0 Å². The molecule has 1 aromatic rings. The second-order valence-electron chi connectivity index (χ2n) is 6.52. The van der Waals surface area contributed by atoms with Crippen molar-refractivity contribution in [1.82, 2.24) is 20.5 Å². The fourth-order valence-corrected chi connectivity index (χ4v) is 2.45. The number of hydrogen-bond donors (Lipinski definition) is 2. The fraction of sp³-hybridized carbons (Fsp3) is 0.647. The fourth-order valence-electron chi connectivity index (χ4n) is 2.45. The molecule has 0 spiro atoms. The summed E-state index contributed by atoms with van der Waals surface area (Å²) in [6, 6.07) is 4.26. The van der Waals surface area contributed by atoms with E-state index in [-0.39, 0.29) is 0 Å². The van der Waals surface area contributed by atoms with Crippen molar-refractivity contribution < 1.29 is 0 Å². The van der Waals surface area contributed by atoms with Crippen molar-refractivity contribution >= 4 is 11.8 Å². The van der Waals surface area contributed by atoms with Gasteiger partial charge in [-0.2, -0.15) is 0 Å². The lowest BCUT2D eigenvalue weighted by atomic mass is 10.2. The van der Waals surface area contributed by atoms with Gasteiger partial charge in [-0.05, 0) is 24.6 Å². The quantitative estimate of drug-likeness (QED) is 0.630. The first-order chi connectivity index (χ1) is 11.1. The zero-order valence-electron chi connectivity index (χ0n) is 14.8. The van der Waals surface area contributed by atoms with E-state index in [1.54, 1.807) is 7.05 Å².